The van der Waals surface area contributed by atoms with Gasteiger partial charge in [-0.15, -0.1) is 0 Å². The van der Waals surface area contributed by atoms with E-state index in [4.69, 9.17) is 4.42 Å². The zero-order valence-corrected chi connectivity index (χ0v) is 14.6. The summed E-state index contributed by atoms with van der Waals surface area (Å²) < 4.78 is 5.07. The molecule has 1 N–H and O–H groups in total. The lowest BCUT2D eigenvalue weighted by Crippen LogP contribution is -2.41. The summed E-state index contributed by atoms with van der Waals surface area (Å²) in [5.74, 6) is -0.797. The van der Waals surface area contributed by atoms with Gasteiger partial charge in [0.05, 0.1) is 11.2 Å². The number of furan rings is 1. The lowest BCUT2D eigenvalue weighted by molar-refractivity contribution is -0.384. The van der Waals surface area contributed by atoms with Crippen LogP contribution in [0.1, 0.15) is 35.4 Å². The fraction of sp³-hybridized carbons (Fsp3) is 0.263. The Balaban J connectivity index is 1.90. The number of non-ortho nitro benzene ring substituents is 1. The molecular weight excluding hydrogens is 350 g/mol. The van der Waals surface area contributed by atoms with Gasteiger partial charge in [-0.25, -0.2) is 0 Å². The number of benzene rings is 1. The van der Waals surface area contributed by atoms with E-state index in [1.807, 2.05) is 0 Å². The fourth-order valence-corrected chi connectivity index (χ4v) is 2.91. The number of hydrogen-bond donors (Lipinski definition) is 1. The Bertz CT molecular complexity index is 867. The maximum atomic E-state index is 12.9. The van der Waals surface area contributed by atoms with Crippen LogP contribution in [0.3, 0.4) is 0 Å². The Morgan fingerprint density at radius 1 is 1.15 bits per heavy atom. The Morgan fingerprint density at radius 3 is 2.59 bits per heavy atom. The number of carbonyl (C=O) groups is 2. The Morgan fingerprint density at radius 2 is 1.93 bits per heavy atom. The summed E-state index contributed by atoms with van der Waals surface area (Å²) in [4.78, 5) is 37.4. The average molecular weight is 369 g/mol. The maximum Gasteiger partial charge on any atom is 0.291 e. The Labute approximate surface area is 155 Å². The standard InChI is InChI=1S/C19H19N3O5/c23-18(17-8-5-11-27-17)20-16(19(24)21-9-2-1-3-10-21)13-14-6-4-7-15(12-14)22(25)26/h4-8,11-13H,1-3,9-10H2,(H,20,23). The summed E-state index contributed by atoms with van der Waals surface area (Å²) >= 11 is 0. The number of piperidine rings is 1. The molecule has 2 aromatic rings. The van der Waals surface area contributed by atoms with E-state index in [-0.39, 0.29) is 23.1 Å². The van der Waals surface area contributed by atoms with Crippen LogP contribution in [-0.2, 0) is 4.79 Å². The van der Waals surface area contributed by atoms with E-state index in [1.54, 1.807) is 17.0 Å². The summed E-state index contributed by atoms with van der Waals surface area (Å²) in [6.45, 7) is 1.23. The van der Waals surface area contributed by atoms with E-state index in [1.165, 1.54) is 36.6 Å². The molecule has 1 aliphatic rings. The molecule has 0 atom stereocenters. The molecular formula is C19H19N3O5. The zero-order chi connectivity index (χ0) is 19.2. The number of likely N-dealkylation sites (tertiary alicyclic amines) is 1. The molecule has 1 fully saturated rings. The topological polar surface area (TPSA) is 106 Å². The van der Waals surface area contributed by atoms with Crippen LogP contribution in [-0.4, -0.2) is 34.7 Å². The fourth-order valence-electron chi connectivity index (χ4n) is 2.91. The van der Waals surface area contributed by atoms with Crippen LogP contribution in [0.4, 0.5) is 5.69 Å². The van der Waals surface area contributed by atoms with Gasteiger partial charge in [0.15, 0.2) is 5.76 Å². The quantitative estimate of drug-likeness (QED) is 0.495. The number of carbonyl (C=O) groups excluding carboxylic acids is 2. The minimum Gasteiger partial charge on any atom is -0.459 e. The van der Waals surface area contributed by atoms with Gasteiger partial charge in [0, 0.05) is 25.2 Å². The van der Waals surface area contributed by atoms with Crippen molar-refractivity contribution in [2.75, 3.05) is 13.1 Å². The third-order valence-corrected chi connectivity index (χ3v) is 4.26. The highest BCUT2D eigenvalue weighted by molar-refractivity contribution is 6.04. The van der Waals surface area contributed by atoms with Gasteiger partial charge < -0.3 is 14.6 Å². The van der Waals surface area contributed by atoms with Crippen molar-refractivity contribution >= 4 is 23.6 Å². The van der Waals surface area contributed by atoms with Crippen molar-refractivity contribution in [2.45, 2.75) is 19.3 Å². The van der Waals surface area contributed by atoms with Crippen LogP contribution < -0.4 is 5.32 Å². The highest BCUT2D eigenvalue weighted by Gasteiger charge is 2.23. The summed E-state index contributed by atoms with van der Waals surface area (Å²) in [6.07, 6.45) is 5.69. The highest BCUT2D eigenvalue weighted by atomic mass is 16.6. The lowest BCUT2D eigenvalue weighted by atomic mass is 10.1. The van der Waals surface area contributed by atoms with Gasteiger partial charge in [-0.2, -0.15) is 0 Å². The van der Waals surface area contributed by atoms with Crippen molar-refractivity contribution in [1.29, 1.82) is 0 Å². The molecule has 0 spiro atoms. The summed E-state index contributed by atoms with van der Waals surface area (Å²) in [5.41, 5.74) is 0.411. The molecule has 0 bridgehead atoms. The van der Waals surface area contributed by atoms with Crippen molar-refractivity contribution in [3.8, 4) is 0 Å². The van der Waals surface area contributed by atoms with Gasteiger partial charge in [0.25, 0.3) is 17.5 Å². The summed E-state index contributed by atoms with van der Waals surface area (Å²) in [6, 6.07) is 8.95. The van der Waals surface area contributed by atoms with Crippen LogP contribution in [0, 0.1) is 10.1 Å². The third-order valence-electron chi connectivity index (χ3n) is 4.26. The number of nitro groups is 1. The molecule has 27 heavy (non-hydrogen) atoms. The minimum atomic E-state index is -0.554. The van der Waals surface area contributed by atoms with E-state index >= 15 is 0 Å². The highest BCUT2D eigenvalue weighted by Crippen LogP contribution is 2.18. The van der Waals surface area contributed by atoms with Gasteiger partial charge >= 0.3 is 0 Å². The minimum absolute atomic E-state index is 0.0544. The van der Waals surface area contributed by atoms with Gasteiger partial charge in [0.1, 0.15) is 5.70 Å². The number of rotatable bonds is 5. The van der Waals surface area contributed by atoms with Crippen LogP contribution in [0.25, 0.3) is 6.08 Å². The van der Waals surface area contributed by atoms with E-state index in [9.17, 15) is 19.7 Å². The largest absolute Gasteiger partial charge is 0.459 e. The zero-order valence-electron chi connectivity index (χ0n) is 14.6. The molecule has 1 saturated heterocycles. The molecule has 8 nitrogen and oxygen atoms in total. The van der Waals surface area contributed by atoms with Crippen molar-refractivity contribution in [3.05, 3.63) is 69.8 Å². The number of nitrogens with one attached hydrogen (secondary N) is 1. The molecule has 2 amide bonds. The smallest absolute Gasteiger partial charge is 0.291 e. The number of nitro benzene ring substituents is 1. The second-order valence-electron chi connectivity index (χ2n) is 6.19. The van der Waals surface area contributed by atoms with E-state index in [0.29, 0.717) is 18.7 Å². The number of nitrogens with zero attached hydrogens (tertiary/aromatic N) is 2. The Hall–Kier alpha value is -3.42. The van der Waals surface area contributed by atoms with Crippen LogP contribution in [0.15, 0.2) is 52.8 Å². The predicted molar refractivity (Wildman–Crippen MR) is 97.7 cm³/mol. The first-order valence-corrected chi connectivity index (χ1v) is 8.65. The average Bonchev–Trinajstić information content (AvgIpc) is 3.23. The van der Waals surface area contributed by atoms with Gasteiger partial charge in [-0.1, -0.05) is 12.1 Å². The van der Waals surface area contributed by atoms with Gasteiger partial charge in [-0.3, -0.25) is 19.7 Å². The monoisotopic (exact) mass is 369 g/mol. The molecule has 8 heteroatoms. The van der Waals surface area contributed by atoms with Crippen LogP contribution in [0.5, 0.6) is 0 Å². The normalized spacial score (nSPS) is 14.7. The van der Waals surface area contributed by atoms with Crippen molar-refractivity contribution in [2.24, 2.45) is 0 Å². The molecule has 1 aliphatic heterocycles. The molecule has 2 heterocycles. The first-order chi connectivity index (χ1) is 13.0. The van der Waals surface area contributed by atoms with Gasteiger partial charge in [0.2, 0.25) is 0 Å². The second kappa shape index (κ2) is 8.31. The number of amides is 2. The van der Waals surface area contributed by atoms with E-state index < -0.39 is 10.8 Å². The second-order valence-corrected chi connectivity index (χ2v) is 6.19. The van der Waals surface area contributed by atoms with Crippen molar-refractivity contribution in [1.82, 2.24) is 10.2 Å². The van der Waals surface area contributed by atoms with Crippen LogP contribution in [0.2, 0.25) is 0 Å². The van der Waals surface area contributed by atoms with Crippen LogP contribution >= 0.6 is 0 Å². The SMILES string of the molecule is O=C(NC(=Cc1cccc([N+](=O)[O-])c1)C(=O)N1CCCCC1)c1ccco1. The van der Waals surface area contributed by atoms with E-state index in [0.717, 1.165) is 19.3 Å². The maximum absolute atomic E-state index is 12.9. The lowest BCUT2D eigenvalue weighted by Gasteiger charge is -2.27. The molecule has 0 radical (unpaired) electrons. The van der Waals surface area contributed by atoms with Crippen molar-refractivity contribution < 1.29 is 18.9 Å². The molecule has 0 unspecified atom stereocenters. The first-order valence-electron chi connectivity index (χ1n) is 8.65. The number of hydrogen-bond acceptors (Lipinski definition) is 5. The molecule has 1 aromatic heterocycles. The first kappa shape index (κ1) is 18.4. The van der Waals surface area contributed by atoms with Crippen molar-refractivity contribution in [3.63, 3.8) is 0 Å². The molecule has 0 aliphatic carbocycles. The van der Waals surface area contributed by atoms with Gasteiger partial charge in [-0.05, 0) is 43.0 Å². The molecule has 1 aromatic carbocycles. The van der Waals surface area contributed by atoms with E-state index in [2.05, 4.69) is 5.32 Å². The molecule has 0 saturated carbocycles. The predicted octanol–water partition coefficient (Wildman–Crippen LogP) is 2.97. The third kappa shape index (κ3) is 4.60. The summed E-state index contributed by atoms with van der Waals surface area (Å²) in [7, 11) is 0. The molecule has 3 rings (SSSR count). The Kier molecular flexibility index (Phi) is 5.65. The molecule has 140 valence electrons. The summed E-state index contributed by atoms with van der Waals surface area (Å²) in [5, 5.41) is 13.6.